The molecule has 92 valence electrons. The van der Waals surface area contributed by atoms with Crippen LogP contribution in [0, 0.1) is 0 Å². The summed E-state index contributed by atoms with van der Waals surface area (Å²) in [6.45, 7) is 0. The normalized spacial score (nSPS) is 12.6. The standard InChI is InChI=1S/C15H14N2.ClH/c1-2-4-15-14(3-1)13(11-17-15)6-5-12-7-9-16-10-8-12;/h1-4,7-11,17H,5-6H2;1H. The van der Waals surface area contributed by atoms with Gasteiger partial charge in [0.25, 0.3) is 0 Å². The van der Waals surface area contributed by atoms with Gasteiger partial charge in [-0.15, -0.1) is 0 Å². The average Bonchev–Trinajstić information content (AvgIpc) is 2.81. The Balaban J connectivity index is 0.00000120. The highest BCUT2D eigenvalue weighted by Crippen LogP contribution is 2.27. The number of hydrogen-bond acceptors (Lipinski definition) is 1. The van der Waals surface area contributed by atoms with Gasteiger partial charge in [0.05, 0.1) is 0 Å². The molecule has 2 heterocycles. The van der Waals surface area contributed by atoms with Gasteiger partial charge in [0, 0.05) is 29.6 Å². The number of halogens is 1. The summed E-state index contributed by atoms with van der Waals surface area (Å²) in [5.74, 6) is 0. The first-order valence-electron chi connectivity index (χ1n) is 5.96. The molecular formula is C15H15ClN2. The summed E-state index contributed by atoms with van der Waals surface area (Å²) in [6.07, 6.45) is 8.14. The van der Waals surface area contributed by atoms with Crippen LogP contribution >= 0.6 is 0 Å². The largest absolute Gasteiger partial charge is 1.00 e. The highest BCUT2D eigenvalue weighted by Gasteiger charge is 2.16. The molecule has 2 nitrogen and oxygen atoms in total. The van der Waals surface area contributed by atoms with E-state index in [1.54, 1.807) is 0 Å². The number of benzene rings is 1. The number of pyridine rings is 1. The second-order valence-corrected chi connectivity index (χ2v) is 4.30. The van der Waals surface area contributed by atoms with Gasteiger partial charge < -0.3 is 12.4 Å². The predicted octanol–water partition coefficient (Wildman–Crippen LogP) is -0.732. The third-order valence-electron chi connectivity index (χ3n) is 3.20. The predicted molar refractivity (Wildman–Crippen MR) is 68.6 cm³/mol. The van der Waals surface area contributed by atoms with Crippen molar-refractivity contribution in [1.29, 1.82) is 0 Å². The number of nitrogens with zero attached hydrogens (tertiary/aromatic N) is 1. The van der Waals surface area contributed by atoms with Crippen LogP contribution in [0.4, 0.5) is 5.69 Å². The summed E-state index contributed by atoms with van der Waals surface area (Å²) < 4.78 is 0. The number of allylic oxidation sites excluding steroid dienone is 1. The van der Waals surface area contributed by atoms with E-state index in [0.717, 1.165) is 12.8 Å². The lowest BCUT2D eigenvalue weighted by atomic mass is 10.0. The van der Waals surface area contributed by atoms with E-state index in [0.29, 0.717) is 0 Å². The van der Waals surface area contributed by atoms with Crippen molar-refractivity contribution in [3.63, 3.8) is 0 Å². The van der Waals surface area contributed by atoms with Gasteiger partial charge >= 0.3 is 0 Å². The van der Waals surface area contributed by atoms with Crippen molar-refractivity contribution in [3.8, 4) is 0 Å². The molecule has 0 amide bonds. The highest BCUT2D eigenvalue weighted by atomic mass is 35.5. The molecule has 1 aliphatic heterocycles. The molecule has 18 heavy (non-hydrogen) atoms. The van der Waals surface area contributed by atoms with Gasteiger partial charge in [0.15, 0.2) is 0 Å². The van der Waals surface area contributed by atoms with E-state index in [1.807, 2.05) is 12.4 Å². The zero-order chi connectivity index (χ0) is 11.5. The molecule has 0 bridgehead atoms. The molecule has 1 aliphatic rings. The second kappa shape index (κ2) is 5.80. The molecule has 0 unspecified atom stereocenters. The van der Waals surface area contributed by atoms with Crippen LogP contribution in [0.3, 0.4) is 0 Å². The summed E-state index contributed by atoms with van der Waals surface area (Å²) in [4.78, 5) is 4.04. The fourth-order valence-corrected chi connectivity index (χ4v) is 2.26. The number of aromatic nitrogens is 1. The minimum Gasteiger partial charge on any atom is -1.00 e. The molecule has 2 N–H and O–H groups in total. The number of para-hydroxylation sites is 1. The number of fused-ring (bicyclic) bond motifs is 1. The molecule has 0 spiro atoms. The molecule has 2 aromatic rings. The molecule has 0 saturated heterocycles. The number of quaternary nitrogens is 1. The van der Waals surface area contributed by atoms with E-state index in [4.69, 9.17) is 0 Å². The summed E-state index contributed by atoms with van der Waals surface area (Å²) in [7, 11) is 0. The Kier molecular flexibility index (Phi) is 4.13. The molecule has 0 saturated carbocycles. The number of aryl methyl sites for hydroxylation is 1. The van der Waals surface area contributed by atoms with Gasteiger partial charge in [-0.05, 0) is 36.6 Å². The molecule has 0 aliphatic carbocycles. The summed E-state index contributed by atoms with van der Waals surface area (Å²) in [5, 5.41) is 2.21. The van der Waals surface area contributed by atoms with Crippen molar-refractivity contribution in [2.45, 2.75) is 12.8 Å². The van der Waals surface area contributed by atoms with Gasteiger partial charge in [-0.1, -0.05) is 12.1 Å². The number of rotatable bonds is 3. The Bertz CT molecular complexity index is 549. The van der Waals surface area contributed by atoms with E-state index in [2.05, 4.69) is 52.9 Å². The molecule has 0 atom stereocenters. The Labute approximate surface area is 113 Å². The van der Waals surface area contributed by atoms with Crippen molar-refractivity contribution in [1.82, 2.24) is 4.98 Å². The zero-order valence-corrected chi connectivity index (χ0v) is 10.8. The van der Waals surface area contributed by atoms with E-state index in [1.165, 1.54) is 22.4 Å². The van der Waals surface area contributed by atoms with Crippen LogP contribution in [0.2, 0.25) is 0 Å². The first-order chi connectivity index (χ1) is 8.43. The minimum absolute atomic E-state index is 0. The second-order valence-electron chi connectivity index (χ2n) is 4.30. The van der Waals surface area contributed by atoms with Gasteiger partial charge in [-0.3, -0.25) is 10.3 Å². The SMILES string of the molecule is C1=C(CCc2ccncc2)c2ccccc2[NH2+]1.[Cl-]. The van der Waals surface area contributed by atoms with E-state index >= 15 is 0 Å². The van der Waals surface area contributed by atoms with Gasteiger partial charge in [0.2, 0.25) is 0 Å². The molecule has 1 aromatic heterocycles. The monoisotopic (exact) mass is 258 g/mol. The van der Waals surface area contributed by atoms with Crippen molar-refractivity contribution in [2.24, 2.45) is 0 Å². The van der Waals surface area contributed by atoms with E-state index < -0.39 is 0 Å². The summed E-state index contributed by atoms with van der Waals surface area (Å²) in [5.41, 5.74) is 5.53. The van der Waals surface area contributed by atoms with Gasteiger partial charge in [-0.2, -0.15) is 0 Å². The Hall–Kier alpha value is -1.64. The first kappa shape index (κ1) is 12.8. The van der Waals surface area contributed by atoms with E-state index in [9.17, 15) is 0 Å². The van der Waals surface area contributed by atoms with Crippen LogP contribution in [-0.4, -0.2) is 4.98 Å². The van der Waals surface area contributed by atoms with Crippen molar-refractivity contribution in [2.75, 3.05) is 0 Å². The lowest BCUT2D eigenvalue weighted by Crippen LogP contribution is -3.00. The summed E-state index contributed by atoms with van der Waals surface area (Å²) >= 11 is 0. The van der Waals surface area contributed by atoms with Gasteiger partial charge in [-0.25, -0.2) is 0 Å². The average molecular weight is 259 g/mol. The Morgan fingerprint density at radius 3 is 2.56 bits per heavy atom. The van der Waals surface area contributed by atoms with Crippen LogP contribution in [0.25, 0.3) is 5.57 Å². The van der Waals surface area contributed by atoms with Crippen LogP contribution < -0.4 is 17.7 Å². The number of nitrogens with two attached hydrogens (primary N) is 1. The topological polar surface area (TPSA) is 29.5 Å². The van der Waals surface area contributed by atoms with Crippen LogP contribution in [-0.2, 0) is 6.42 Å². The Morgan fingerprint density at radius 2 is 1.72 bits per heavy atom. The summed E-state index contributed by atoms with van der Waals surface area (Å²) in [6, 6.07) is 12.8. The molecule has 3 heteroatoms. The van der Waals surface area contributed by atoms with Crippen LogP contribution in [0.5, 0.6) is 0 Å². The van der Waals surface area contributed by atoms with Crippen LogP contribution in [0.15, 0.2) is 55.0 Å². The van der Waals surface area contributed by atoms with Gasteiger partial charge in [0.1, 0.15) is 11.9 Å². The Morgan fingerprint density at radius 1 is 0.944 bits per heavy atom. The maximum Gasteiger partial charge on any atom is 0.141 e. The third kappa shape index (κ3) is 2.61. The lowest BCUT2D eigenvalue weighted by molar-refractivity contribution is -0.491. The molecular weight excluding hydrogens is 244 g/mol. The smallest absolute Gasteiger partial charge is 0.141 e. The maximum atomic E-state index is 4.04. The molecule has 1 aromatic carbocycles. The zero-order valence-electron chi connectivity index (χ0n) is 10.0. The minimum atomic E-state index is 0. The van der Waals surface area contributed by atoms with Crippen molar-refractivity contribution in [3.05, 3.63) is 66.1 Å². The fourth-order valence-electron chi connectivity index (χ4n) is 2.26. The quantitative estimate of drug-likeness (QED) is 0.723. The molecule has 0 radical (unpaired) electrons. The van der Waals surface area contributed by atoms with Crippen molar-refractivity contribution < 1.29 is 17.7 Å². The lowest BCUT2D eigenvalue weighted by Gasteiger charge is -2.02. The molecule has 0 fully saturated rings. The number of hydrogen-bond donors (Lipinski definition) is 1. The first-order valence-corrected chi connectivity index (χ1v) is 5.96. The van der Waals surface area contributed by atoms with Crippen LogP contribution in [0.1, 0.15) is 17.5 Å². The third-order valence-corrected chi connectivity index (χ3v) is 3.20. The highest BCUT2D eigenvalue weighted by molar-refractivity contribution is 5.74. The van der Waals surface area contributed by atoms with Crippen molar-refractivity contribution >= 4 is 11.3 Å². The maximum absolute atomic E-state index is 4.04. The molecule has 3 rings (SSSR count). The fraction of sp³-hybridized carbons (Fsp3) is 0.133. The van der Waals surface area contributed by atoms with E-state index in [-0.39, 0.29) is 12.4 Å².